The van der Waals surface area contributed by atoms with E-state index in [-0.39, 0.29) is 18.8 Å². The molecule has 0 aliphatic carbocycles. The number of para-hydroxylation sites is 3. The van der Waals surface area contributed by atoms with E-state index < -0.39 is 0 Å². The second kappa shape index (κ2) is 9.07. The van der Waals surface area contributed by atoms with Gasteiger partial charge in [0.15, 0.2) is 0 Å². The van der Waals surface area contributed by atoms with Crippen LogP contribution in [0, 0.1) is 0 Å². The molecule has 0 radical (unpaired) electrons. The summed E-state index contributed by atoms with van der Waals surface area (Å²) in [5.41, 5.74) is 11.1. The molecule has 0 saturated heterocycles. The van der Waals surface area contributed by atoms with Crippen LogP contribution < -0.4 is 51.9 Å². The zero-order valence-electron chi connectivity index (χ0n) is 25.7. The smallest absolute Gasteiger partial charge is 0.262 e. The maximum Gasteiger partial charge on any atom is 0.262 e. The Labute approximate surface area is 268 Å². The lowest BCUT2D eigenvalue weighted by atomic mass is 9.31. The Hall–Kier alpha value is -5.42. The van der Waals surface area contributed by atoms with Gasteiger partial charge in [0.05, 0.1) is 0 Å². The summed E-state index contributed by atoms with van der Waals surface area (Å²) in [5, 5.41) is 0. The van der Waals surface area contributed by atoms with E-state index >= 15 is 0 Å². The van der Waals surface area contributed by atoms with Crippen LogP contribution in [0.25, 0.3) is 0 Å². The van der Waals surface area contributed by atoms with Crippen molar-refractivity contribution in [3.8, 4) is 34.8 Å². The third-order valence-electron chi connectivity index (χ3n) is 9.83. The van der Waals surface area contributed by atoms with E-state index in [1.807, 2.05) is 30.3 Å². The molecule has 0 spiro atoms. The van der Waals surface area contributed by atoms with Crippen LogP contribution in [0.1, 0.15) is 26.3 Å². The maximum absolute atomic E-state index is 6.85. The second-order valence-electron chi connectivity index (χ2n) is 13.5. The van der Waals surface area contributed by atoms with Crippen molar-refractivity contribution in [2.45, 2.75) is 26.2 Å². The van der Waals surface area contributed by atoms with Crippen molar-refractivity contribution in [3.63, 3.8) is 0 Å². The number of fused-ring (bicyclic) bond motifs is 8. The van der Waals surface area contributed by atoms with Crippen molar-refractivity contribution < 1.29 is 14.2 Å². The molecule has 0 amide bonds. The highest BCUT2D eigenvalue weighted by Gasteiger charge is 2.46. The zero-order valence-corrected chi connectivity index (χ0v) is 25.7. The van der Waals surface area contributed by atoms with Gasteiger partial charge in [0.2, 0.25) is 11.8 Å². The van der Waals surface area contributed by atoms with Crippen molar-refractivity contribution >= 4 is 63.3 Å². The van der Waals surface area contributed by atoms with Gasteiger partial charge in [-0.25, -0.2) is 0 Å². The molecule has 6 aromatic rings. The summed E-state index contributed by atoms with van der Waals surface area (Å²) in [7, 11) is 0. The minimum absolute atomic E-state index is 0.0662. The number of benzene rings is 5. The summed E-state index contributed by atoms with van der Waals surface area (Å²) in [4.78, 5) is 7.56. The molecule has 7 heteroatoms. The van der Waals surface area contributed by atoms with E-state index in [1.165, 1.54) is 11.0 Å². The molecule has 5 nitrogen and oxygen atoms in total. The van der Waals surface area contributed by atoms with Crippen LogP contribution in [-0.4, -0.2) is 18.4 Å². The fourth-order valence-corrected chi connectivity index (χ4v) is 7.70. The minimum Gasteiger partial charge on any atom is -0.458 e. The molecule has 0 saturated carbocycles. The first-order chi connectivity index (χ1) is 22.4. The average Bonchev–Trinajstić information content (AvgIpc) is 3.07. The number of aromatic nitrogens is 1. The summed E-state index contributed by atoms with van der Waals surface area (Å²) in [6.07, 6.45) is 0. The average molecular weight is 594 g/mol. The van der Waals surface area contributed by atoms with Gasteiger partial charge < -0.3 is 19.1 Å². The van der Waals surface area contributed by atoms with Crippen LogP contribution in [0.5, 0.6) is 34.8 Å². The second-order valence-corrected chi connectivity index (χ2v) is 13.5. The molecule has 4 aliphatic rings. The molecule has 0 atom stereocenters. The predicted molar refractivity (Wildman–Crippen MR) is 186 cm³/mol. The van der Waals surface area contributed by atoms with Crippen molar-refractivity contribution in [1.82, 2.24) is 4.98 Å². The van der Waals surface area contributed by atoms with Gasteiger partial charge in [-0.1, -0.05) is 87.5 Å². The molecule has 0 bridgehead atoms. The molecular weight excluding hydrogens is 566 g/mol. The largest absolute Gasteiger partial charge is 0.458 e. The number of hydrogen-bond donors (Lipinski definition) is 0. The normalized spacial score (nSPS) is 14.4. The molecular formula is C39H28B2N2O3. The van der Waals surface area contributed by atoms with Gasteiger partial charge in [-0.2, -0.15) is 4.98 Å². The number of nitrogens with zero attached hydrogens (tertiary/aromatic N) is 2. The van der Waals surface area contributed by atoms with Crippen molar-refractivity contribution in [1.29, 1.82) is 0 Å². The van der Waals surface area contributed by atoms with E-state index in [4.69, 9.17) is 19.2 Å². The maximum atomic E-state index is 6.85. The van der Waals surface area contributed by atoms with Crippen LogP contribution in [-0.2, 0) is 5.41 Å². The van der Waals surface area contributed by atoms with Gasteiger partial charge in [-0.3, -0.25) is 0 Å². The molecule has 0 fully saturated rings. The Morgan fingerprint density at radius 3 is 1.93 bits per heavy atom. The van der Waals surface area contributed by atoms with E-state index in [9.17, 15) is 0 Å². The lowest BCUT2D eigenvalue weighted by molar-refractivity contribution is 0.427. The molecule has 4 aliphatic heterocycles. The van der Waals surface area contributed by atoms with Crippen LogP contribution in [0.3, 0.4) is 0 Å². The summed E-state index contributed by atoms with van der Waals surface area (Å²) in [5.74, 6) is 4.48. The number of ether oxygens (including phenoxy) is 3. The summed E-state index contributed by atoms with van der Waals surface area (Å²) < 4.78 is 19.8. The molecule has 218 valence electrons. The van der Waals surface area contributed by atoms with Gasteiger partial charge >= 0.3 is 0 Å². The molecule has 1 aromatic heterocycles. The van der Waals surface area contributed by atoms with E-state index in [1.54, 1.807) is 0 Å². The Morgan fingerprint density at radius 1 is 0.522 bits per heavy atom. The van der Waals surface area contributed by atoms with E-state index in [0.717, 1.165) is 67.4 Å². The third-order valence-corrected chi connectivity index (χ3v) is 9.83. The molecule has 0 N–H and O–H groups in total. The standard InChI is InChI=1S/C39H28B2N2O3/c1-39(2,3)23-20-30-35-34(21-23)46-38-27(40(35)25-14-7-9-16-29(25)43(30)24-12-5-4-6-13-24)22-28-37(42-38)45-33-19-11-18-32-36(33)41(28)26-15-8-10-17-31(26)44-32/h4-22H,1-3H3. The highest BCUT2D eigenvalue weighted by molar-refractivity contribution is 7.01. The first kappa shape index (κ1) is 25.9. The Bertz CT molecular complexity index is 2260. The van der Waals surface area contributed by atoms with Gasteiger partial charge in [-0.15, -0.1) is 0 Å². The molecule has 5 aromatic carbocycles. The number of pyridine rings is 1. The van der Waals surface area contributed by atoms with Gasteiger partial charge in [-0.05, 0) is 86.8 Å². The van der Waals surface area contributed by atoms with E-state index in [2.05, 4.69) is 111 Å². The summed E-state index contributed by atoms with van der Waals surface area (Å²) in [6, 6.07) is 40.5. The minimum atomic E-state index is -0.0890. The lowest BCUT2D eigenvalue weighted by Gasteiger charge is -2.41. The third kappa shape index (κ3) is 3.51. The highest BCUT2D eigenvalue weighted by atomic mass is 16.5. The SMILES string of the molecule is CC(C)(C)c1cc2c3c(c1)N(c1ccccc1)c1ccccc1B3c1cc3c(nc1O2)Oc1cccc2c1B3c1ccccc1O2. The van der Waals surface area contributed by atoms with Crippen molar-refractivity contribution in [2.24, 2.45) is 0 Å². The van der Waals surface area contributed by atoms with E-state index in [0.29, 0.717) is 11.8 Å². The lowest BCUT2D eigenvalue weighted by Crippen LogP contribution is -2.63. The fraction of sp³-hybridized carbons (Fsp3) is 0.103. The fourth-order valence-electron chi connectivity index (χ4n) is 7.70. The molecule has 10 rings (SSSR count). The van der Waals surface area contributed by atoms with Crippen molar-refractivity contribution in [3.05, 3.63) is 121 Å². The first-order valence-corrected chi connectivity index (χ1v) is 15.9. The van der Waals surface area contributed by atoms with Crippen LogP contribution in [0.4, 0.5) is 17.1 Å². The number of anilines is 3. The number of rotatable bonds is 1. The first-order valence-electron chi connectivity index (χ1n) is 15.9. The molecule has 5 heterocycles. The summed E-state index contributed by atoms with van der Waals surface area (Å²) >= 11 is 0. The Kier molecular flexibility index (Phi) is 5.10. The van der Waals surface area contributed by atoms with Gasteiger partial charge in [0.25, 0.3) is 13.4 Å². The topological polar surface area (TPSA) is 43.8 Å². The highest BCUT2D eigenvalue weighted by Crippen LogP contribution is 2.43. The van der Waals surface area contributed by atoms with Crippen LogP contribution in [0.15, 0.2) is 115 Å². The Morgan fingerprint density at radius 2 is 1.15 bits per heavy atom. The summed E-state index contributed by atoms with van der Waals surface area (Å²) in [6.45, 7) is 6.61. The van der Waals surface area contributed by atoms with Gasteiger partial charge in [0.1, 0.15) is 23.0 Å². The van der Waals surface area contributed by atoms with Crippen molar-refractivity contribution in [2.75, 3.05) is 4.90 Å². The molecule has 0 unspecified atom stereocenters. The zero-order chi connectivity index (χ0) is 30.7. The molecule has 46 heavy (non-hydrogen) atoms. The van der Waals surface area contributed by atoms with Crippen LogP contribution in [0.2, 0.25) is 0 Å². The number of hydrogen-bond acceptors (Lipinski definition) is 5. The quantitative estimate of drug-likeness (QED) is 0.235. The van der Waals surface area contributed by atoms with Crippen LogP contribution >= 0.6 is 0 Å². The van der Waals surface area contributed by atoms with Gasteiger partial charge in [0, 0.05) is 22.5 Å². The predicted octanol–water partition coefficient (Wildman–Crippen LogP) is 5.51. The monoisotopic (exact) mass is 594 g/mol. The Balaban J connectivity index is 1.25.